The first-order valence-electron chi connectivity index (χ1n) is 15.6. The largest absolute Gasteiger partial charge is 0.366 e. The summed E-state index contributed by atoms with van der Waals surface area (Å²) in [5.41, 5.74) is 1.92. The molecule has 4 aromatic rings. The smallest absolute Gasteiger partial charge is 0.276 e. The Balaban J connectivity index is 1.77. The fourth-order valence-electron chi connectivity index (χ4n) is 5.85. The van der Waals surface area contributed by atoms with E-state index in [1.807, 2.05) is 57.7 Å². The van der Waals surface area contributed by atoms with Crippen LogP contribution < -0.4 is 10.5 Å². The van der Waals surface area contributed by atoms with Gasteiger partial charge in [-0.05, 0) is 44.1 Å². The molecule has 4 heterocycles. The molecule has 3 aromatic heterocycles. The van der Waals surface area contributed by atoms with Gasteiger partial charge in [0.25, 0.3) is 5.56 Å². The number of benzene rings is 1. The van der Waals surface area contributed by atoms with Crippen LogP contribution in [0.2, 0.25) is 5.02 Å². The van der Waals surface area contributed by atoms with E-state index in [0.29, 0.717) is 60.9 Å². The molecular formula is C35H38ClFN8O2. The van der Waals surface area contributed by atoms with Crippen LogP contribution in [0.4, 0.5) is 10.1 Å². The summed E-state index contributed by atoms with van der Waals surface area (Å²) in [6.07, 6.45) is 4.87. The lowest BCUT2D eigenvalue weighted by Crippen LogP contribution is -2.49. The maximum atomic E-state index is 15.1. The Morgan fingerprint density at radius 2 is 1.70 bits per heavy atom. The molecule has 0 radical (unpaired) electrons. The normalized spacial score (nSPS) is 13.8. The molecule has 1 aliphatic heterocycles. The molecule has 10 nitrogen and oxygen atoms in total. The van der Waals surface area contributed by atoms with E-state index in [2.05, 4.69) is 16.0 Å². The highest BCUT2D eigenvalue weighted by Gasteiger charge is 2.30. The third kappa shape index (κ3) is 6.62. The SMILES string of the molecule is CC(C)c1ncnc(C(C)C)c1-n1c(=O)c(C#N)c(N2CCN(C(=O)/C=C/CN(C)C)CC2)c2cc(Cl)c(-c3ccccc3F)nc21. The lowest BCUT2D eigenvalue weighted by molar-refractivity contribution is -0.126. The zero-order valence-electron chi connectivity index (χ0n) is 27.5. The molecular weight excluding hydrogens is 619 g/mol. The molecule has 1 aliphatic rings. The minimum absolute atomic E-state index is 0.0899. The van der Waals surface area contributed by atoms with E-state index in [4.69, 9.17) is 16.6 Å². The highest BCUT2D eigenvalue weighted by atomic mass is 35.5. The molecule has 1 fully saturated rings. The molecule has 244 valence electrons. The monoisotopic (exact) mass is 656 g/mol. The summed E-state index contributed by atoms with van der Waals surface area (Å²) in [6, 6.07) is 9.98. The molecule has 0 spiro atoms. The molecule has 0 N–H and O–H groups in total. The second-order valence-corrected chi connectivity index (χ2v) is 12.8. The summed E-state index contributed by atoms with van der Waals surface area (Å²) >= 11 is 6.85. The minimum atomic E-state index is -0.590. The van der Waals surface area contributed by atoms with E-state index < -0.39 is 11.4 Å². The van der Waals surface area contributed by atoms with Gasteiger partial charge in [-0.25, -0.2) is 19.3 Å². The van der Waals surface area contributed by atoms with Crippen LogP contribution in [0.3, 0.4) is 0 Å². The van der Waals surface area contributed by atoms with Crippen LogP contribution in [0.15, 0.2) is 53.6 Å². The fourth-order valence-corrected chi connectivity index (χ4v) is 6.10. The van der Waals surface area contributed by atoms with Crippen molar-refractivity contribution in [2.24, 2.45) is 0 Å². The first-order valence-corrected chi connectivity index (χ1v) is 16.0. The number of nitriles is 1. The number of fused-ring (bicyclic) bond motifs is 1. The van der Waals surface area contributed by atoms with Crippen molar-refractivity contribution in [2.75, 3.05) is 51.7 Å². The second-order valence-electron chi connectivity index (χ2n) is 12.4. The number of carbonyl (C=O) groups excluding carboxylic acids is 1. The van der Waals surface area contributed by atoms with Gasteiger partial charge in [0.05, 0.1) is 33.5 Å². The Hall–Kier alpha value is -4.66. The van der Waals surface area contributed by atoms with Gasteiger partial charge in [0, 0.05) is 49.7 Å². The summed E-state index contributed by atoms with van der Waals surface area (Å²) in [6.45, 7) is 10.0. The summed E-state index contributed by atoms with van der Waals surface area (Å²) in [5, 5.41) is 11.1. The number of carbonyl (C=O) groups is 1. The van der Waals surface area contributed by atoms with E-state index in [1.165, 1.54) is 17.0 Å². The van der Waals surface area contributed by atoms with Crippen molar-refractivity contribution < 1.29 is 9.18 Å². The van der Waals surface area contributed by atoms with Gasteiger partial charge in [-0.1, -0.05) is 57.5 Å². The first-order chi connectivity index (χ1) is 22.4. The van der Waals surface area contributed by atoms with Crippen LogP contribution in [0.1, 0.15) is 56.5 Å². The number of piperazine rings is 1. The van der Waals surface area contributed by atoms with E-state index in [1.54, 1.807) is 35.2 Å². The summed E-state index contributed by atoms with van der Waals surface area (Å²) in [5.74, 6) is -0.821. The van der Waals surface area contributed by atoms with Crippen LogP contribution in [0.25, 0.3) is 28.0 Å². The molecule has 47 heavy (non-hydrogen) atoms. The molecule has 12 heteroatoms. The number of anilines is 1. The van der Waals surface area contributed by atoms with E-state index >= 15 is 4.39 Å². The maximum absolute atomic E-state index is 15.1. The molecule has 0 bridgehead atoms. The Morgan fingerprint density at radius 1 is 1.06 bits per heavy atom. The number of nitrogens with zero attached hydrogens (tertiary/aromatic N) is 8. The van der Waals surface area contributed by atoms with Gasteiger partial charge < -0.3 is 14.7 Å². The summed E-state index contributed by atoms with van der Waals surface area (Å²) in [7, 11) is 3.86. The number of pyridine rings is 2. The molecule has 5 rings (SSSR count). The summed E-state index contributed by atoms with van der Waals surface area (Å²) < 4.78 is 16.5. The lowest BCUT2D eigenvalue weighted by Gasteiger charge is -2.36. The number of hydrogen-bond donors (Lipinski definition) is 0. The van der Waals surface area contributed by atoms with E-state index in [0.717, 1.165) is 0 Å². The highest BCUT2D eigenvalue weighted by Crippen LogP contribution is 2.38. The summed E-state index contributed by atoms with van der Waals surface area (Å²) in [4.78, 5) is 47.1. The predicted octanol–water partition coefficient (Wildman–Crippen LogP) is 5.52. The first kappa shape index (κ1) is 33.7. The van der Waals surface area contributed by atoms with Gasteiger partial charge in [-0.2, -0.15) is 5.26 Å². The number of amides is 1. The average Bonchev–Trinajstić information content (AvgIpc) is 3.04. The number of aromatic nitrogens is 4. The van der Waals surface area contributed by atoms with Crippen molar-refractivity contribution in [1.82, 2.24) is 29.3 Å². The molecule has 1 aromatic carbocycles. The average molecular weight is 657 g/mol. The third-order valence-electron chi connectivity index (χ3n) is 8.15. The Morgan fingerprint density at radius 3 is 2.28 bits per heavy atom. The topological polar surface area (TPSA) is 111 Å². The van der Waals surface area contributed by atoms with Gasteiger partial charge in [0.2, 0.25) is 5.91 Å². The van der Waals surface area contributed by atoms with Crippen LogP contribution >= 0.6 is 11.6 Å². The molecule has 1 amide bonds. The van der Waals surface area contributed by atoms with Crippen molar-refractivity contribution in [3.05, 3.63) is 87.0 Å². The molecule has 0 saturated carbocycles. The van der Waals surface area contributed by atoms with Crippen molar-refractivity contribution in [3.63, 3.8) is 0 Å². The number of rotatable bonds is 8. The van der Waals surface area contributed by atoms with Crippen LogP contribution in [0.5, 0.6) is 0 Å². The van der Waals surface area contributed by atoms with Crippen molar-refractivity contribution in [1.29, 1.82) is 5.26 Å². The standard InChI is InChI=1S/C35H38ClFN8O2/c1-21(2)29-33(30(22(3)4)40-20-39-29)45-34-24(18-26(36)31(41-34)23-10-7-8-11-27(23)37)32(25(19-38)35(45)47)44-16-14-43(15-17-44)28(46)12-9-13-42(5)6/h7-12,18,20-22H,13-17H2,1-6H3/b12-9+. The van der Waals surface area contributed by atoms with Gasteiger partial charge in [-0.15, -0.1) is 0 Å². The van der Waals surface area contributed by atoms with Gasteiger partial charge in [0.1, 0.15) is 29.4 Å². The van der Waals surface area contributed by atoms with Gasteiger partial charge in [-0.3, -0.25) is 14.2 Å². The number of halogens is 2. The van der Waals surface area contributed by atoms with E-state index in [-0.39, 0.29) is 45.2 Å². The van der Waals surface area contributed by atoms with Crippen molar-refractivity contribution in [3.8, 4) is 23.0 Å². The molecule has 0 unspecified atom stereocenters. The van der Waals surface area contributed by atoms with Crippen molar-refractivity contribution >= 4 is 34.2 Å². The Kier molecular flexibility index (Phi) is 10.0. The second kappa shape index (κ2) is 14.0. The zero-order valence-corrected chi connectivity index (χ0v) is 28.2. The van der Waals surface area contributed by atoms with Crippen LogP contribution in [-0.4, -0.2) is 82.0 Å². The quantitative estimate of drug-likeness (QED) is 0.228. The minimum Gasteiger partial charge on any atom is -0.366 e. The van der Waals surface area contributed by atoms with Crippen LogP contribution in [-0.2, 0) is 4.79 Å². The Labute approximate surface area is 278 Å². The lowest BCUT2D eigenvalue weighted by atomic mass is 10.00. The predicted molar refractivity (Wildman–Crippen MR) is 183 cm³/mol. The zero-order chi connectivity index (χ0) is 34.0. The highest BCUT2D eigenvalue weighted by molar-refractivity contribution is 6.34. The van der Waals surface area contributed by atoms with Crippen molar-refractivity contribution in [2.45, 2.75) is 39.5 Å². The molecule has 0 atom stereocenters. The van der Waals surface area contributed by atoms with Gasteiger partial charge in [0.15, 0.2) is 0 Å². The molecule has 0 aliphatic carbocycles. The fraction of sp³-hybridized carbons (Fsp3) is 0.371. The Bertz CT molecular complexity index is 1930. The van der Waals surface area contributed by atoms with Crippen LogP contribution in [0, 0.1) is 17.1 Å². The maximum Gasteiger partial charge on any atom is 0.276 e. The van der Waals surface area contributed by atoms with Gasteiger partial charge >= 0.3 is 0 Å². The number of likely N-dealkylation sites (N-methyl/N-ethyl adjacent to an activating group) is 1. The molecule has 1 saturated heterocycles. The van der Waals surface area contributed by atoms with E-state index in [9.17, 15) is 14.9 Å². The number of hydrogen-bond acceptors (Lipinski definition) is 8. The third-order valence-corrected chi connectivity index (χ3v) is 8.44.